The zero-order valence-electron chi connectivity index (χ0n) is 29.2. The molecule has 1 saturated heterocycles. The third-order valence-electron chi connectivity index (χ3n) is 8.36. The van der Waals surface area contributed by atoms with Crippen LogP contribution in [0.4, 0.5) is 4.79 Å². The lowest BCUT2D eigenvalue weighted by Crippen LogP contribution is -2.57. The molecule has 3 atom stereocenters. The van der Waals surface area contributed by atoms with Crippen LogP contribution in [-0.4, -0.2) is 107 Å². The Balaban J connectivity index is 1.55. The fraction of sp³-hybridized carbons (Fsp3) is 0.486. The maximum Gasteiger partial charge on any atom is 0.321 e. The maximum absolute atomic E-state index is 14.1. The van der Waals surface area contributed by atoms with Crippen LogP contribution in [0.5, 0.6) is 0 Å². The van der Waals surface area contributed by atoms with Crippen LogP contribution in [0, 0.1) is 11.8 Å². The number of oxime groups is 1. The van der Waals surface area contributed by atoms with Crippen LogP contribution in [0.3, 0.4) is 0 Å². The van der Waals surface area contributed by atoms with Crippen molar-refractivity contribution >= 4 is 39.5 Å². The first-order valence-electron chi connectivity index (χ1n) is 16.6. The molecule has 1 fully saturated rings. The van der Waals surface area contributed by atoms with Crippen LogP contribution >= 0.6 is 11.3 Å². The predicted molar refractivity (Wildman–Crippen MR) is 191 cm³/mol. The van der Waals surface area contributed by atoms with E-state index in [1.807, 2.05) is 63.4 Å². The van der Waals surface area contributed by atoms with Gasteiger partial charge in [-0.05, 0) is 41.5 Å². The average molecular weight is 729 g/mol. The highest BCUT2D eigenvalue weighted by Crippen LogP contribution is 2.23. The number of rotatable bonds is 18. The minimum Gasteiger partial charge on any atom is -0.411 e. The van der Waals surface area contributed by atoms with Gasteiger partial charge in [0.1, 0.15) is 11.0 Å². The Morgan fingerprint density at radius 2 is 1.80 bits per heavy atom. The summed E-state index contributed by atoms with van der Waals surface area (Å²) in [5, 5.41) is 29.3. The monoisotopic (exact) mass is 728 g/mol. The molecule has 4 rings (SSSR count). The third kappa shape index (κ3) is 10.1. The number of carbonyl (C=O) groups excluding carboxylic acids is 2. The first kappa shape index (κ1) is 38.9. The smallest absolute Gasteiger partial charge is 0.321 e. The molecule has 1 aliphatic heterocycles. The van der Waals surface area contributed by atoms with Crippen LogP contribution in [-0.2, 0) is 39.1 Å². The number of carbonyl (C=O) groups is 2. The number of nitrogens with one attached hydrogen (secondary N) is 1. The van der Waals surface area contributed by atoms with E-state index in [9.17, 15) is 23.1 Å². The summed E-state index contributed by atoms with van der Waals surface area (Å²) in [6.07, 6.45) is 0.134. The van der Waals surface area contributed by atoms with Gasteiger partial charge in [0.2, 0.25) is 15.9 Å². The summed E-state index contributed by atoms with van der Waals surface area (Å²) in [6, 6.07) is 13.3. The van der Waals surface area contributed by atoms with Crippen molar-refractivity contribution in [2.45, 2.75) is 70.4 Å². The van der Waals surface area contributed by atoms with Crippen molar-refractivity contribution in [1.29, 1.82) is 0 Å². The Labute approximate surface area is 298 Å². The Hall–Kier alpha value is -3.89. The van der Waals surface area contributed by atoms with Crippen molar-refractivity contribution in [2.75, 3.05) is 33.3 Å². The first-order valence-corrected chi connectivity index (χ1v) is 18.9. The van der Waals surface area contributed by atoms with Crippen LogP contribution in [0.15, 0.2) is 70.0 Å². The number of benzene rings is 2. The zero-order valence-corrected chi connectivity index (χ0v) is 30.8. The number of hydrogen-bond donors (Lipinski definition) is 3. The number of aromatic nitrogens is 1. The van der Waals surface area contributed by atoms with Crippen LogP contribution in [0.1, 0.15) is 49.5 Å². The molecule has 0 saturated carbocycles. The van der Waals surface area contributed by atoms with Gasteiger partial charge in [0, 0.05) is 38.7 Å². The number of thiazole rings is 1. The molecule has 0 bridgehead atoms. The average Bonchev–Trinajstić information content (AvgIpc) is 3.67. The quantitative estimate of drug-likeness (QED) is 0.101. The lowest BCUT2D eigenvalue weighted by molar-refractivity contribution is -0.128. The largest absolute Gasteiger partial charge is 0.411 e. The van der Waals surface area contributed by atoms with Gasteiger partial charge in [-0.15, -0.1) is 11.3 Å². The van der Waals surface area contributed by atoms with Crippen molar-refractivity contribution in [3.63, 3.8) is 0 Å². The van der Waals surface area contributed by atoms with E-state index in [1.165, 1.54) is 46.1 Å². The minimum atomic E-state index is -4.06. The second-order valence-corrected chi connectivity index (χ2v) is 16.0. The molecule has 15 heteroatoms. The second kappa shape index (κ2) is 17.9. The predicted octanol–water partition coefficient (Wildman–Crippen LogP) is 3.80. The molecule has 0 aliphatic carbocycles. The summed E-state index contributed by atoms with van der Waals surface area (Å²) in [5.74, 6) is -0.742. The highest BCUT2D eigenvalue weighted by Gasteiger charge is 2.40. The number of methoxy groups -OCH3 is 1. The van der Waals surface area contributed by atoms with Crippen LogP contribution in [0.2, 0.25) is 0 Å². The summed E-state index contributed by atoms with van der Waals surface area (Å²) in [4.78, 5) is 35.5. The SMILES string of the molecule is COCc1nc(CN2CCN([C@H](C(=O)N[C@@H](Cc3ccccc3)[C@H](O)CN(CC(C)C)S(=O)(=O)c3ccc(C=NO)cc3)C(C)C)C2=O)cs1. The summed E-state index contributed by atoms with van der Waals surface area (Å²) in [6.45, 7) is 8.84. The molecule has 2 heterocycles. The van der Waals surface area contributed by atoms with E-state index in [4.69, 9.17) is 9.94 Å². The van der Waals surface area contributed by atoms with E-state index in [1.54, 1.807) is 16.9 Å². The molecule has 50 heavy (non-hydrogen) atoms. The van der Waals surface area contributed by atoms with E-state index in [2.05, 4.69) is 15.5 Å². The van der Waals surface area contributed by atoms with E-state index >= 15 is 0 Å². The molecule has 13 nitrogen and oxygen atoms in total. The van der Waals surface area contributed by atoms with E-state index in [0.29, 0.717) is 31.8 Å². The lowest BCUT2D eigenvalue weighted by Gasteiger charge is -2.34. The van der Waals surface area contributed by atoms with Gasteiger partial charge in [-0.3, -0.25) is 4.79 Å². The number of aliphatic hydroxyl groups is 1. The standard InChI is InChI=1S/C35H48N6O7S2/c1-24(2)19-40(50(46,47)29-13-11-27(12-14-29)18-36-45)21-31(42)30(17-26-9-7-6-8-10-26)38-34(43)33(25(3)4)41-16-15-39(35(41)44)20-28-23-49-32(37-28)22-48-5/h6-14,18,23-25,30-31,33,42,45H,15-17,19-22H2,1-5H3,(H,38,43)/t30-,31+,33-/m0/s1. The molecule has 0 radical (unpaired) electrons. The molecule has 0 unspecified atom stereocenters. The second-order valence-electron chi connectivity index (χ2n) is 13.2. The molecule has 0 spiro atoms. The summed E-state index contributed by atoms with van der Waals surface area (Å²) in [5.41, 5.74) is 2.12. The summed E-state index contributed by atoms with van der Waals surface area (Å²) in [7, 11) is -2.46. The third-order valence-corrected chi connectivity index (χ3v) is 11.1. The fourth-order valence-corrected chi connectivity index (χ4v) is 8.37. The number of ether oxygens (including phenoxy) is 1. The molecule has 3 N–H and O–H groups in total. The van der Waals surface area contributed by atoms with Crippen molar-refractivity contribution in [3.8, 4) is 0 Å². The first-order chi connectivity index (χ1) is 23.8. The summed E-state index contributed by atoms with van der Waals surface area (Å²) >= 11 is 1.47. The number of hydrogen-bond acceptors (Lipinski definition) is 10. The van der Waals surface area contributed by atoms with Gasteiger partial charge in [0.25, 0.3) is 0 Å². The van der Waals surface area contributed by atoms with Crippen molar-refractivity contribution in [3.05, 3.63) is 81.8 Å². The van der Waals surface area contributed by atoms with Crippen molar-refractivity contribution < 1.29 is 33.1 Å². The Morgan fingerprint density at radius 3 is 2.42 bits per heavy atom. The Morgan fingerprint density at radius 1 is 1.10 bits per heavy atom. The Kier molecular flexibility index (Phi) is 13.9. The van der Waals surface area contributed by atoms with Gasteiger partial charge in [0.05, 0.1) is 42.1 Å². The van der Waals surface area contributed by atoms with Gasteiger partial charge in [0.15, 0.2) is 0 Å². The number of aliphatic hydroxyl groups excluding tert-OH is 1. The molecule has 272 valence electrons. The van der Waals surface area contributed by atoms with Gasteiger partial charge in [-0.2, -0.15) is 4.31 Å². The molecule has 3 aromatic rings. The molecule has 1 aliphatic rings. The normalized spacial score (nSPS) is 15.8. The molecular formula is C35H48N6O7S2. The summed E-state index contributed by atoms with van der Waals surface area (Å²) < 4.78 is 34.1. The molecular weight excluding hydrogens is 681 g/mol. The Bertz CT molecular complexity index is 1680. The number of nitrogens with zero attached hydrogens (tertiary/aromatic N) is 5. The van der Waals surface area contributed by atoms with E-state index in [-0.39, 0.29) is 42.3 Å². The highest BCUT2D eigenvalue weighted by atomic mass is 32.2. The van der Waals surface area contributed by atoms with Crippen LogP contribution in [0.25, 0.3) is 0 Å². The lowest BCUT2D eigenvalue weighted by atomic mass is 9.97. The fourth-order valence-electron chi connectivity index (χ4n) is 5.99. The van der Waals surface area contributed by atoms with Gasteiger partial charge >= 0.3 is 6.03 Å². The van der Waals surface area contributed by atoms with Gasteiger partial charge in [-0.25, -0.2) is 18.2 Å². The van der Waals surface area contributed by atoms with E-state index < -0.39 is 34.1 Å². The van der Waals surface area contributed by atoms with Crippen molar-refractivity contribution in [1.82, 2.24) is 24.4 Å². The van der Waals surface area contributed by atoms with Crippen molar-refractivity contribution in [2.24, 2.45) is 17.0 Å². The van der Waals surface area contributed by atoms with Gasteiger partial charge < -0.3 is 30.2 Å². The molecule has 2 aromatic carbocycles. The number of amides is 3. The minimum absolute atomic E-state index is 0.0219. The topological polar surface area (TPSA) is 165 Å². The number of sulfonamides is 1. The van der Waals surface area contributed by atoms with Crippen LogP contribution < -0.4 is 5.32 Å². The molecule has 3 amide bonds. The highest BCUT2D eigenvalue weighted by molar-refractivity contribution is 7.89. The number of urea groups is 1. The maximum atomic E-state index is 14.1. The van der Waals surface area contributed by atoms with E-state index in [0.717, 1.165) is 16.3 Å². The molecule has 1 aromatic heterocycles. The van der Waals surface area contributed by atoms with Gasteiger partial charge in [-0.1, -0.05) is 75.3 Å². The zero-order chi connectivity index (χ0) is 36.4.